The van der Waals surface area contributed by atoms with E-state index in [1.54, 1.807) is 30.3 Å². The Balaban J connectivity index is 1.92. The Labute approximate surface area is 206 Å². The van der Waals surface area contributed by atoms with Gasteiger partial charge in [-0.25, -0.2) is 0 Å². The summed E-state index contributed by atoms with van der Waals surface area (Å²) >= 11 is 0. The number of ketones is 1. The van der Waals surface area contributed by atoms with Crippen molar-refractivity contribution in [3.8, 4) is 5.75 Å². The first kappa shape index (κ1) is 24.1. The maximum atomic E-state index is 13.5. The number of rotatable bonds is 7. The van der Waals surface area contributed by atoms with Gasteiger partial charge in [-0.1, -0.05) is 61.0 Å². The van der Waals surface area contributed by atoms with Gasteiger partial charge in [0.2, 0.25) is 0 Å². The summed E-state index contributed by atoms with van der Waals surface area (Å²) in [6.45, 7) is 4.43. The van der Waals surface area contributed by atoms with Crippen molar-refractivity contribution in [1.82, 2.24) is 0 Å². The first-order valence-corrected chi connectivity index (χ1v) is 11.7. The van der Waals surface area contributed by atoms with Crippen LogP contribution in [0.2, 0.25) is 0 Å². The number of amides is 1. The molecule has 0 saturated carbocycles. The molecule has 1 atom stereocenters. The molecular weight excluding hydrogens is 440 g/mol. The molecule has 0 bridgehead atoms. The average molecular weight is 471 g/mol. The molecule has 0 aromatic heterocycles. The second-order valence-electron chi connectivity index (χ2n) is 8.84. The SMILES string of the molecule is CCCOc1ccccc1N1C(=O)C(=O)/C(=C(\O)c2ccc(C)cc2)C1c1ccc(N(C)C)cc1. The number of carbonyl (C=O) groups is 2. The van der Waals surface area contributed by atoms with Gasteiger partial charge in [-0.15, -0.1) is 0 Å². The largest absolute Gasteiger partial charge is 0.507 e. The fourth-order valence-electron chi connectivity index (χ4n) is 4.21. The van der Waals surface area contributed by atoms with Crippen molar-refractivity contribution in [2.45, 2.75) is 26.3 Å². The predicted molar refractivity (Wildman–Crippen MR) is 139 cm³/mol. The summed E-state index contributed by atoms with van der Waals surface area (Å²) < 4.78 is 5.92. The van der Waals surface area contributed by atoms with Crippen LogP contribution in [0, 0.1) is 6.92 Å². The highest BCUT2D eigenvalue weighted by molar-refractivity contribution is 6.51. The summed E-state index contributed by atoms with van der Waals surface area (Å²) in [6, 6.07) is 21.2. The summed E-state index contributed by atoms with van der Waals surface area (Å²) in [5, 5.41) is 11.3. The van der Waals surface area contributed by atoms with Crippen molar-refractivity contribution in [2.75, 3.05) is 30.5 Å². The Morgan fingerprint density at radius 1 is 0.971 bits per heavy atom. The zero-order valence-corrected chi connectivity index (χ0v) is 20.5. The maximum Gasteiger partial charge on any atom is 0.300 e. The number of carbonyl (C=O) groups excluding carboxylic acids is 2. The van der Waals surface area contributed by atoms with E-state index in [1.807, 2.05) is 75.3 Å². The Kier molecular flexibility index (Phi) is 6.92. The zero-order valence-electron chi connectivity index (χ0n) is 20.5. The number of aliphatic hydroxyl groups is 1. The number of anilines is 2. The maximum absolute atomic E-state index is 13.5. The minimum atomic E-state index is -0.807. The molecule has 0 spiro atoms. The highest BCUT2D eigenvalue weighted by Gasteiger charge is 2.47. The van der Waals surface area contributed by atoms with Gasteiger partial charge in [0.1, 0.15) is 11.5 Å². The number of hydrogen-bond acceptors (Lipinski definition) is 5. The van der Waals surface area contributed by atoms with Crippen molar-refractivity contribution in [2.24, 2.45) is 0 Å². The highest BCUT2D eigenvalue weighted by Crippen LogP contribution is 2.45. The molecule has 1 unspecified atom stereocenters. The smallest absolute Gasteiger partial charge is 0.300 e. The van der Waals surface area contributed by atoms with Crippen LogP contribution in [0.15, 0.2) is 78.4 Å². The molecule has 1 heterocycles. The minimum absolute atomic E-state index is 0.0572. The molecule has 3 aromatic rings. The fraction of sp³-hybridized carbons (Fsp3) is 0.241. The quantitative estimate of drug-likeness (QED) is 0.281. The van der Waals surface area contributed by atoms with Crippen molar-refractivity contribution in [1.29, 1.82) is 0 Å². The Morgan fingerprint density at radius 3 is 2.26 bits per heavy atom. The topological polar surface area (TPSA) is 70.1 Å². The van der Waals surface area contributed by atoms with E-state index in [4.69, 9.17) is 4.74 Å². The lowest BCUT2D eigenvalue weighted by Crippen LogP contribution is -2.30. The molecule has 0 radical (unpaired) electrons. The van der Waals surface area contributed by atoms with E-state index >= 15 is 0 Å². The third-order valence-corrected chi connectivity index (χ3v) is 6.08. The predicted octanol–water partition coefficient (Wildman–Crippen LogP) is 5.48. The number of hydrogen-bond donors (Lipinski definition) is 1. The molecule has 1 saturated heterocycles. The molecule has 4 rings (SSSR count). The number of aryl methyl sites for hydroxylation is 1. The second kappa shape index (κ2) is 10.1. The molecular formula is C29H30N2O4. The highest BCUT2D eigenvalue weighted by atomic mass is 16.5. The monoisotopic (exact) mass is 470 g/mol. The molecule has 1 amide bonds. The summed E-state index contributed by atoms with van der Waals surface area (Å²) in [6.07, 6.45) is 0.802. The molecule has 35 heavy (non-hydrogen) atoms. The standard InChI is InChI=1S/C29H30N2O4/c1-5-18-35-24-9-7-6-8-23(24)31-26(20-14-16-22(17-15-20)30(3)4)25(28(33)29(31)34)27(32)21-12-10-19(2)11-13-21/h6-17,26,32H,5,18H2,1-4H3/b27-25-. The molecule has 6 heteroatoms. The number of nitrogens with zero attached hydrogens (tertiary/aromatic N) is 2. The van der Waals surface area contributed by atoms with Crippen molar-refractivity contribution in [3.05, 3.63) is 95.1 Å². The van der Waals surface area contributed by atoms with Gasteiger partial charge in [0, 0.05) is 25.3 Å². The van der Waals surface area contributed by atoms with Gasteiger partial charge in [0.25, 0.3) is 11.7 Å². The van der Waals surface area contributed by atoms with Gasteiger partial charge in [-0.2, -0.15) is 0 Å². The number of aliphatic hydroxyl groups excluding tert-OH is 1. The van der Waals surface area contributed by atoms with Crippen LogP contribution in [0.1, 0.15) is 36.1 Å². The van der Waals surface area contributed by atoms with Crippen molar-refractivity contribution in [3.63, 3.8) is 0 Å². The van der Waals surface area contributed by atoms with Gasteiger partial charge in [-0.3, -0.25) is 14.5 Å². The van der Waals surface area contributed by atoms with Crippen LogP contribution in [0.25, 0.3) is 5.76 Å². The van der Waals surface area contributed by atoms with Crippen LogP contribution in [-0.4, -0.2) is 37.5 Å². The molecule has 3 aromatic carbocycles. The molecule has 6 nitrogen and oxygen atoms in total. The van der Waals surface area contributed by atoms with Crippen molar-refractivity contribution < 1.29 is 19.4 Å². The van der Waals surface area contributed by atoms with Gasteiger partial charge >= 0.3 is 0 Å². The third-order valence-electron chi connectivity index (χ3n) is 6.08. The van der Waals surface area contributed by atoms with E-state index in [0.29, 0.717) is 29.2 Å². The van der Waals surface area contributed by atoms with Crippen LogP contribution in [0.3, 0.4) is 0 Å². The minimum Gasteiger partial charge on any atom is -0.507 e. The van der Waals surface area contributed by atoms with E-state index in [0.717, 1.165) is 17.7 Å². The number of Topliss-reactive ketones (excluding diaryl/α,β-unsaturated/α-hetero) is 1. The first-order chi connectivity index (χ1) is 16.8. The molecule has 1 fully saturated rings. The summed E-state index contributed by atoms with van der Waals surface area (Å²) in [4.78, 5) is 30.3. The van der Waals surface area contributed by atoms with Gasteiger partial charge < -0.3 is 14.7 Å². The normalized spacial score (nSPS) is 17.0. The molecule has 1 aliphatic rings. The van der Waals surface area contributed by atoms with E-state index in [-0.39, 0.29) is 11.3 Å². The molecule has 1 N–H and O–H groups in total. The molecule has 0 aliphatic carbocycles. The average Bonchev–Trinajstić information content (AvgIpc) is 3.13. The van der Waals surface area contributed by atoms with Crippen molar-refractivity contribution >= 4 is 28.8 Å². The number of ether oxygens (including phenoxy) is 1. The first-order valence-electron chi connectivity index (χ1n) is 11.7. The lowest BCUT2D eigenvalue weighted by Gasteiger charge is -2.27. The van der Waals surface area contributed by atoms with Crippen LogP contribution >= 0.6 is 0 Å². The van der Waals surface area contributed by atoms with Crippen LogP contribution in [0.5, 0.6) is 5.75 Å². The van der Waals surface area contributed by atoms with Gasteiger partial charge in [0.05, 0.1) is 23.9 Å². The lowest BCUT2D eigenvalue weighted by molar-refractivity contribution is -0.132. The second-order valence-corrected chi connectivity index (χ2v) is 8.84. The Hall–Kier alpha value is -4.06. The van der Waals surface area contributed by atoms with E-state index in [1.165, 1.54) is 4.90 Å². The van der Waals surface area contributed by atoms with Crippen LogP contribution in [0.4, 0.5) is 11.4 Å². The summed E-state index contributed by atoms with van der Waals surface area (Å²) in [7, 11) is 3.89. The Morgan fingerprint density at radius 2 is 1.63 bits per heavy atom. The number of para-hydroxylation sites is 2. The summed E-state index contributed by atoms with van der Waals surface area (Å²) in [5.41, 5.74) is 3.76. The fourth-order valence-corrected chi connectivity index (χ4v) is 4.21. The van der Waals surface area contributed by atoms with Crippen LogP contribution < -0.4 is 14.5 Å². The third kappa shape index (κ3) is 4.64. The number of benzene rings is 3. The zero-order chi connectivity index (χ0) is 25.1. The van der Waals surface area contributed by atoms with E-state index in [2.05, 4.69) is 0 Å². The lowest BCUT2D eigenvalue weighted by atomic mass is 9.94. The van der Waals surface area contributed by atoms with Crippen LogP contribution in [-0.2, 0) is 9.59 Å². The van der Waals surface area contributed by atoms with E-state index < -0.39 is 17.7 Å². The van der Waals surface area contributed by atoms with Gasteiger partial charge in [0.15, 0.2) is 0 Å². The Bertz CT molecular complexity index is 1260. The molecule has 1 aliphatic heterocycles. The molecule has 180 valence electrons. The van der Waals surface area contributed by atoms with Gasteiger partial charge in [-0.05, 0) is 43.2 Å². The summed E-state index contributed by atoms with van der Waals surface area (Å²) in [5.74, 6) is -1.11. The van der Waals surface area contributed by atoms with E-state index in [9.17, 15) is 14.7 Å².